The van der Waals surface area contributed by atoms with E-state index in [-0.39, 0.29) is 35.2 Å². The highest BCUT2D eigenvalue weighted by Gasteiger charge is 2.30. The molecule has 2 saturated heterocycles. The van der Waals surface area contributed by atoms with Crippen molar-refractivity contribution in [2.24, 2.45) is 0 Å². The summed E-state index contributed by atoms with van der Waals surface area (Å²) in [6, 6.07) is 14.3. The van der Waals surface area contributed by atoms with E-state index in [0.29, 0.717) is 48.9 Å². The number of alkyl halides is 3. The number of amides is 2. The number of likely N-dealkylation sites (tertiary alicyclic amines) is 2. The number of halogens is 4. The Morgan fingerprint density at radius 1 is 0.787 bits per heavy atom. The van der Waals surface area contributed by atoms with Crippen LogP contribution in [-0.4, -0.2) is 70.2 Å². The molecule has 0 bridgehead atoms. The first-order valence-corrected chi connectivity index (χ1v) is 14.7. The van der Waals surface area contributed by atoms with E-state index in [9.17, 15) is 22.8 Å². The predicted molar refractivity (Wildman–Crippen MR) is 160 cm³/mol. The molecule has 2 fully saturated rings. The fourth-order valence-corrected chi connectivity index (χ4v) is 5.06. The number of hydrogen-bond donors (Lipinski definition) is 2. The molecule has 242 valence electrons. The van der Waals surface area contributed by atoms with Gasteiger partial charge in [0.2, 0.25) is 11.5 Å². The standard InChI is InChI=1S/C16H13F3N4O2.C15H13ClN4O2/c17-16(18,19)11-3-1-10(2-4-11)13-7-14(25-22-13)15(24)21-12-5-6-23(8-12)9-20;16-11-3-1-10(2-4-11)13-7-14(22-19-13)15(21)18-12-5-6-20(8-12)9-17/h1-4,7,12H,5-6,8H2,(H,21,24);1-4,7,12H,5-6,8H2,(H,18,21)/t2*12-/m11/s1. The summed E-state index contributed by atoms with van der Waals surface area (Å²) < 4.78 is 47.8. The Labute approximate surface area is 271 Å². The Morgan fingerprint density at radius 3 is 1.60 bits per heavy atom. The minimum absolute atomic E-state index is 0.0368. The normalized spacial score (nSPS) is 17.3. The minimum Gasteiger partial charge on any atom is -0.350 e. The highest BCUT2D eigenvalue weighted by atomic mass is 35.5. The van der Waals surface area contributed by atoms with Crippen LogP contribution < -0.4 is 10.6 Å². The molecule has 2 aliphatic heterocycles. The third kappa shape index (κ3) is 8.39. The molecule has 2 aromatic carbocycles. The van der Waals surface area contributed by atoms with Gasteiger partial charge in [0.15, 0.2) is 12.4 Å². The number of nitrogens with one attached hydrogen (secondary N) is 2. The average Bonchev–Trinajstić information content (AvgIpc) is 3.88. The summed E-state index contributed by atoms with van der Waals surface area (Å²) in [5.74, 6) is -0.682. The van der Waals surface area contributed by atoms with Gasteiger partial charge in [-0.3, -0.25) is 9.59 Å². The molecule has 16 heteroatoms. The lowest BCUT2D eigenvalue weighted by Crippen LogP contribution is -2.36. The van der Waals surface area contributed by atoms with Crippen molar-refractivity contribution in [2.45, 2.75) is 31.1 Å². The zero-order chi connectivity index (χ0) is 33.6. The Bertz CT molecular complexity index is 1790. The molecule has 2 atom stereocenters. The second-order valence-electron chi connectivity index (χ2n) is 10.7. The van der Waals surface area contributed by atoms with E-state index < -0.39 is 17.6 Å². The van der Waals surface area contributed by atoms with Crippen LogP contribution in [0.4, 0.5) is 13.2 Å². The second-order valence-corrected chi connectivity index (χ2v) is 11.2. The molecule has 0 spiro atoms. The first-order valence-electron chi connectivity index (χ1n) is 14.3. The van der Waals surface area contributed by atoms with Crippen molar-refractivity contribution in [3.05, 3.63) is 82.8 Å². The van der Waals surface area contributed by atoms with Gasteiger partial charge >= 0.3 is 6.18 Å². The van der Waals surface area contributed by atoms with E-state index in [2.05, 4.69) is 27.1 Å². The van der Waals surface area contributed by atoms with E-state index in [1.54, 1.807) is 28.0 Å². The van der Waals surface area contributed by atoms with Gasteiger partial charge in [-0.15, -0.1) is 0 Å². The van der Waals surface area contributed by atoms with Crippen molar-refractivity contribution in [1.29, 1.82) is 10.5 Å². The first kappa shape index (κ1) is 32.8. The van der Waals surface area contributed by atoms with Crippen LogP contribution >= 0.6 is 11.6 Å². The van der Waals surface area contributed by atoms with Crippen molar-refractivity contribution in [1.82, 2.24) is 30.7 Å². The number of nitriles is 2. The summed E-state index contributed by atoms with van der Waals surface area (Å²) in [7, 11) is 0. The van der Waals surface area contributed by atoms with Crippen LogP contribution in [0.2, 0.25) is 5.02 Å². The third-order valence-corrected chi connectivity index (χ3v) is 7.70. The summed E-state index contributed by atoms with van der Waals surface area (Å²) in [6.45, 7) is 2.20. The Hall–Kier alpha value is -5.54. The number of aromatic nitrogens is 2. The van der Waals surface area contributed by atoms with Gasteiger partial charge in [-0.05, 0) is 37.1 Å². The molecule has 0 unspecified atom stereocenters. The zero-order valence-electron chi connectivity index (χ0n) is 24.5. The van der Waals surface area contributed by atoms with Crippen LogP contribution in [-0.2, 0) is 6.18 Å². The SMILES string of the molecule is N#CN1CC[C@@H](NC(=O)c2cc(-c3ccc(C(F)(F)F)cc3)no2)C1.N#CN1CC[C@@H](NC(=O)c2cc(-c3ccc(Cl)cc3)no2)C1. The monoisotopic (exact) mass is 666 g/mol. The summed E-state index contributed by atoms with van der Waals surface area (Å²) in [5.41, 5.74) is 1.31. The van der Waals surface area contributed by atoms with Crippen LogP contribution in [0.5, 0.6) is 0 Å². The lowest BCUT2D eigenvalue weighted by Gasteiger charge is -2.10. The molecule has 0 saturated carbocycles. The Balaban J connectivity index is 0.000000186. The van der Waals surface area contributed by atoms with Gasteiger partial charge in [-0.1, -0.05) is 46.2 Å². The third-order valence-electron chi connectivity index (χ3n) is 7.45. The number of nitrogens with zero attached hydrogens (tertiary/aromatic N) is 6. The Kier molecular flexibility index (Phi) is 9.97. The number of rotatable bonds is 6. The first-order chi connectivity index (χ1) is 22.5. The minimum atomic E-state index is -4.41. The van der Waals surface area contributed by atoms with Crippen LogP contribution in [0.3, 0.4) is 0 Å². The summed E-state index contributed by atoms with van der Waals surface area (Å²) in [6.07, 6.45) is 1.08. The molecule has 6 rings (SSSR count). The van der Waals surface area contributed by atoms with Gasteiger partial charge in [0.1, 0.15) is 11.4 Å². The zero-order valence-corrected chi connectivity index (χ0v) is 25.3. The van der Waals surface area contributed by atoms with Crippen LogP contribution in [0.15, 0.2) is 69.7 Å². The van der Waals surface area contributed by atoms with Gasteiger partial charge in [0.25, 0.3) is 11.8 Å². The lowest BCUT2D eigenvalue weighted by atomic mass is 10.1. The van der Waals surface area contributed by atoms with Crippen molar-refractivity contribution >= 4 is 23.4 Å². The molecular weight excluding hydrogens is 641 g/mol. The van der Waals surface area contributed by atoms with Crippen molar-refractivity contribution in [3.63, 3.8) is 0 Å². The van der Waals surface area contributed by atoms with Gasteiger partial charge in [-0.2, -0.15) is 23.7 Å². The van der Waals surface area contributed by atoms with Crippen LogP contribution in [0.1, 0.15) is 39.5 Å². The molecule has 4 aromatic rings. The maximum Gasteiger partial charge on any atom is 0.416 e. The summed E-state index contributed by atoms with van der Waals surface area (Å²) >= 11 is 5.84. The van der Waals surface area contributed by atoms with Gasteiger partial charge < -0.3 is 29.5 Å². The lowest BCUT2D eigenvalue weighted by molar-refractivity contribution is -0.137. The van der Waals surface area contributed by atoms with E-state index in [1.165, 1.54) is 18.2 Å². The quantitative estimate of drug-likeness (QED) is 0.270. The predicted octanol–water partition coefficient (Wildman–Crippen LogP) is 4.93. The average molecular weight is 667 g/mol. The van der Waals surface area contributed by atoms with Gasteiger partial charge in [-0.25, -0.2) is 0 Å². The van der Waals surface area contributed by atoms with Crippen molar-refractivity contribution < 1.29 is 31.8 Å². The number of carbonyl (C=O) groups excluding carboxylic acids is 2. The van der Waals surface area contributed by atoms with Crippen molar-refractivity contribution in [2.75, 3.05) is 26.2 Å². The maximum absolute atomic E-state index is 12.6. The van der Waals surface area contributed by atoms with E-state index in [1.807, 2.05) is 18.3 Å². The smallest absolute Gasteiger partial charge is 0.350 e. The van der Waals surface area contributed by atoms with E-state index in [4.69, 9.17) is 31.2 Å². The molecule has 4 heterocycles. The number of hydrogen-bond acceptors (Lipinski definition) is 10. The molecule has 2 amide bonds. The molecule has 2 aromatic heterocycles. The largest absolute Gasteiger partial charge is 0.416 e. The highest BCUT2D eigenvalue weighted by molar-refractivity contribution is 6.30. The maximum atomic E-state index is 12.6. The van der Waals surface area contributed by atoms with Gasteiger partial charge in [0.05, 0.1) is 5.56 Å². The van der Waals surface area contributed by atoms with E-state index >= 15 is 0 Å². The molecular formula is C31H26ClF3N8O4. The fourth-order valence-electron chi connectivity index (χ4n) is 4.94. The molecule has 0 radical (unpaired) electrons. The fraction of sp³-hybridized carbons (Fsp3) is 0.290. The van der Waals surface area contributed by atoms with Crippen molar-refractivity contribution in [3.8, 4) is 34.9 Å². The molecule has 47 heavy (non-hydrogen) atoms. The molecule has 12 nitrogen and oxygen atoms in total. The topological polar surface area (TPSA) is 164 Å². The highest BCUT2D eigenvalue weighted by Crippen LogP contribution is 2.31. The summed E-state index contributed by atoms with van der Waals surface area (Å²) in [4.78, 5) is 27.4. The van der Waals surface area contributed by atoms with E-state index in [0.717, 1.165) is 24.1 Å². The molecule has 2 aliphatic rings. The number of benzene rings is 2. The van der Waals surface area contributed by atoms with Gasteiger partial charge in [0, 0.05) is 66.5 Å². The van der Waals surface area contributed by atoms with Crippen LogP contribution in [0.25, 0.3) is 22.5 Å². The van der Waals surface area contributed by atoms with Crippen LogP contribution in [0, 0.1) is 22.9 Å². The molecule has 2 N–H and O–H groups in total. The molecule has 0 aliphatic carbocycles. The Morgan fingerprint density at radius 2 is 1.21 bits per heavy atom. The second kappa shape index (κ2) is 14.3. The summed E-state index contributed by atoms with van der Waals surface area (Å²) in [5, 5.41) is 31.5. The number of carbonyl (C=O) groups is 2.